The molecule has 2 aromatic rings. The molecule has 1 fully saturated rings. The average molecular weight is 262 g/mol. The number of aromatic nitrogens is 1. The Kier molecular flexibility index (Phi) is 3.88. The van der Waals surface area contributed by atoms with Crippen LogP contribution < -0.4 is 0 Å². The molecule has 0 saturated carbocycles. The average Bonchev–Trinajstić information content (AvgIpc) is 2.87. The summed E-state index contributed by atoms with van der Waals surface area (Å²) in [6.07, 6.45) is 2.38. The molecule has 3 nitrogen and oxygen atoms in total. The normalized spacial score (nSPS) is 17.3. The highest BCUT2D eigenvalue weighted by Gasteiger charge is 2.09. The van der Waals surface area contributed by atoms with E-state index < -0.39 is 0 Å². The van der Waals surface area contributed by atoms with Gasteiger partial charge in [0.2, 0.25) is 0 Å². The van der Waals surface area contributed by atoms with Crippen LogP contribution in [0.15, 0.2) is 23.7 Å². The lowest BCUT2D eigenvalue weighted by Gasteiger charge is -2.26. The van der Waals surface area contributed by atoms with E-state index in [1.54, 1.807) is 11.3 Å². The Morgan fingerprint density at radius 1 is 1.28 bits per heavy atom. The van der Waals surface area contributed by atoms with Crippen LogP contribution in [-0.2, 0) is 11.2 Å². The molecule has 4 heteroatoms. The van der Waals surface area contributed by atoms with Gasteiger partial charge in [0.1, 0.15) is 0 Å². The number of fused-ring (bicyclic) bond motifs is 1. The Morgan fingerprint density at radius 3 is 3.06 bits per heavy atom. The Hall–Kier alpha value is -0.970. The Labute approximate surface area is 111 Å². The van der Waals surface area contributed by atoms with Crippen LogP contribution in [0.25, 0.3) is 10.2 Å². The van der Waals surface area contributed by atoms with Gasteiger partial charge in [-0.05, 0) is 37.1 Å². The van der Waals surface area contributed by atoms with E-state index in [0.717, 1.165) is 38.2 Å². The van der Waals surface area contributed by atoms with E-state index in [4.69, 9.17) is 4.74 Å². The van der Waals surface area contributed by atoms with Gasteiger partial charge in [-0.3, -0.25) is 4.90 Å². The van der Waals surface area contributed by atoms with Crippen LogP contribution in [0.2, 0.25) is 0 Å². The highest BCUT2D eigenvalue weighted by atomic mass is 32.1. The number of hydrogen-bond donors (Lipinski definition) is 0. The molecule has 0 aliphatic carbocycles. The molecule has 0 spiro atoms. The quantitative estimate of drug-likeness (QED) is 0.847. The van der Waals surface area contributed by atoms with Crippen molar-refractivity contribution in [3.8, 4) is 0 Å². The minimum Gasteiger partial charge on any atom is -0.379 e. The van der Waals surface area contributed by atoms with E-state index in [0.29, 0.717) is 0 Å². The van der Waals surface area contributed by atoms with Gasteiger partial charge in [-0.1, -0.05) is 6.07 Å². The predicted molar refractivity (Wildman–Crippen MR) is 75.2 cm³/mol. The number of rotatable bonds is 4. The van der Waals surface area contributed by atoms with Crippen molar-refractivity contribution in [3.63, 3.8) is 0 Å². The summed E-state index contributed by atoms with van der Waals surface area (Å²) >= 11 is 1.72. The van der Waals surface area contributed by atoms with Crippen molar-refractivity contribution >= 4 is 21.6 Å². The van der Waals surface area contributed by atoms with Crippen LogP contribution in [0.4, 0.5) is 0 Å². The van der Waals surface area contributed by atoms with E-state index in [-0.39, 0.29) is 0 Å². The van der Waals surface area contributed by atoms with Gasteiger partial charge in [-0.15, -0.1) is 11.3 Å². The Morgan fingerprint density at radius 2 is 2.17 bits per heavy atom. The van der Waals surface area contributed by atoms with Crippen molar-refractivity contribution in [1.82, 2.24) is 9.88 Å². The zero-order valence-corrected chi connectivity index (χ0v) is 11.3. The summed E-state index contributed by atoms with van der Waals surface area (Å²) < 4.78 is 6.66. The molecule has 1 aliphatic rings. The highest BCUT2D eigenvalue weighted by molar-refractivity contribution is 7.16. The third kappa shape index (κ3) is 2.88. The second-order valence-corrected chi connectivity index (χ2v) is 5.60. The van der Waals surface area contributed by atoms with Gasteiger partial charge in [-0.2, -0.15) is 0 Å². The molecule has 1 saturated heterocycles. The van der Waals surface area contributed by atoms with Crippen LogP contribution >= 0.6 is 11.3 Å². The van der Waals surface area contributed by atoms with Gasteiger partial charge < -0.3 is 4.74 Å². The summed E-state index contributed by atoms with van der Waals surface area (Å²) in [5.41, 5.74) is 4.47. The van der Waals surface area contributed by atoms with Crippen molar-refractivity contribution in [3.05, 3.63) is 29.3 Å². The minimum atomic E-state index is 0.896. The fourth-order valence-electron chi connectivity index (χ4n) is 2.39. The molecule has 0 amide bonds. The van der Waals surface area contributed by atoms with Crippen molar-refractivity contribution in [2.75, 3.05) is 32.8 Å². The fraction of sp³-hybridized carbons (Fsp3) is 0.500. The van der Waals surface area contributed by atoms with Gasteiger partial charge in [0.05, 0.1) is 28.9 Å². The summed E-state index contributed by atoms with van der Waals surface area (Å²) in [5.74, 6) is 0. The first-order chi connectivity index (χ1) is 8.92. The largest absolute Gasteiger partial charge is 0.379 e. The second kappa shape index (κ2) is 5.78. The van der Waals surface area contributed by atoms with Crippen LogP contribution in [0.5, 0.6) is 0 Å². The van der Waals surface area contributed by atoms with E-state index in [9.17, 15) is 0 Å². The number of aryl methyl sites for hydroxylation is 1. The molecular weight excluding hydrogens is 244 g/mol. The van der Waals surface area contributed by atoms with E-state index in [2.05, 4.69) is 28.1 Å². The summed E-state index contributed by atoms with van der Waals surface area (Å²) in [5, 5.41) is 0. The van der Waals surface area contributed by atoms with Crippen LogP contribution in [0, 0.1) is 0 Å². The van der Waals surface area contributed by atoms with E-state index in [1.165, 1.54) is 23.2 Å². The summed E-state index contributed by atoms with van der Waals surface area (Å²) in [6.45, 7) is 5.16. The van der Waals surface area contributed by atoms with Crippen molar-refractivity contribution in [2.45, 2.75) is 12.8 Å². The number of benzene rings is 1. The molecule has 1 aliphatic heterocycles. The monoisotopic (exact) mass is 262 g/mol. The maximum Gasteiger partial charge on any atom is 0.0812 e. The first-order valence-corrected chi connectivity index (χ1v) is 7.42. The molecule has 1 aromatic heterocycles. The topological polar surface area (TPSA) is 25.4 Å². The lowest BCUT2D eigenvalue weighted by atomic mass is 10.1. The van der Waals surface area contributed by atoms with E-state index >= 15 is 0 Å². The predicted octanol–water partition coefficient (Wildman–Crippen LogP) is 2.56. The molecule has 18 heavy (non-hydrogen) atoms. The number of morpholine rings is 1. The van der Waals surface area contributed by atoms with Crippen molar-refractivity contribution in [1.29, 1.82) is 0 Å². The van der Waals surface area contributed by atoms with Crippen LogP contribution in [0.1, 0.15) is 12.0 Å². The third-order valence-corrected chi connectivity index (χ3v) is 4.23. The number of hydrogen-bond acceptors (Lipinski definition) is 4. The first kappa shape index (κ1) is 12.1. The first-order valence-electron chi connectivity index (χ1n) is 6.54. The molecule has 0 radical (unpaired) electrons. The number of ether oxygens (including phenoxy) is 1. The molecule has 96 valence electrons. The zero-order chi connectivity index (χ0) is 12.2. The molecule has 0 atom stereocenters. The summed E-state index contributed by atoms with van der Waals surface area (Å²) in [7, 11) is 0. The van der Waals surface area contributed by atoms with Crippen molar-refractivity contribution < 1.29 is 4.74 Å². The SMILES string of the molecule is c1nc2ccc(CCCN3CCOCC3)cc2s1. The van der Waals surface area contributed by atoms with Crippen LogP contribution in [0.3, 0.4) is 0 Å². The third-order valence-electron chi connectivity index (χ3n) is 3.44. The lowest BCUT2D eigenvalue weighted by Crippen LogP contribution is -2.36. The van der Waals surface area contributed by atoms with Gasteiger partial charge >= 0.3 is 0 Å². The fourth-order valence-corrected chi connectivity index (χ4v) is 3.13. The molecular formula is C14H18N2OS. The second-order valence-electron chi connectivity index (χ2n) is 4.71. The standard InChI is InChI=1S/C14H18N2OS/c1(5-16-6-8-17-9-7-16)2-12-3-4-13-14(10-12)18-11-15-13/h3-4,10-11H,1-2,5-9H2. The zero-order valence-electron chi connectivity index (χ0n) is 10.5. The van der Waals surface area contributed by atoms with Crippen LogP contribution in [-0.4, -0.2) is 42.7 Å². The van der Waals surface area contributed by atoms with Gasteiger partial charge in [0.25, 0.3) is 0 Å². The Balaban J connectivity index is 1.52. The molecule has 2 heterocycles. The smallest absolute Gasteiger partial charge is 0.0812 e. The van der Waals surface area contributed by atoms with Crippen molar-refractivity contribution in [2.24, 2.45) is 0 Å². The molecule has 0 unspecified atom stereocenters. The molecule has 1 aromatic carbocycles. The maximum atomic E-state index is 5.36. The Bertz CT molecular complexity index is 505. The maximum absolute atomic E-state index is 5.36. The van der Waals surface area contributed by atoms with Gasteiger partial charge in [-0.25, -0.2) is 4.98 Å². The summed E-state index contributed by atoms with van der Waals surface area (Å²) in [6, 6.07) is 6.63. The van der Waals surface area contributed by atoms with Gasteiger partial charge in [0, 0.05) is 13.1 Å². The highest BCUT2D eigenvalue weighted by Crippen LogP contribution is 2.19. The molecule has 3 rings (SSSR count). The van der Waals surface area contributed by atoms with E-state index in [1.807, 2.05) is 5.51 Å². The number of thiazole rings is 1. The lowest BCUT2D eigenvalue weighted by molar-refractivity contribution is 0.0375. The summed E-state index contributed by atoms with van der Waals surface area (Å²) in [4.78, 5) is 6.80. The molecule has 0 bridgehead atoms. The number of nitrogens with zero attached hydrogens (tertiary/aromatic N) is 2. The molecule has 0 N–H and O–H groups in total. The minimum absolute atomic E-state index is 0.896. The van der Waals surface area contributed by atoms with Gasteiger partial charge in [0.15, 0.2) is 0 Å².